The van der Waals surface area contributed by atoms with Crippen molar-refractivity contribution in [3.8, 4) is 0 Å². The molecule has 29 heavy (non-hydrogen) atoms. The SMILES string of the molecule is O=C(OCC(F)(F)F)C(=O)N(Cc1ccccc1)Cc1ccccc1C(F)(F)F. The minimum Gasteiger partial charge on any atom is -0.449 e. The maximum absolute atomic E-state index is 13.2. The fraction of sp³-hybridized carbons (Fsp3) is 0.263. The smallest absolute Gasteiger partial charge is 0.422 e. The van der Waals surface area contributed by atoms with Gasteiger partial charge in [-0.1, -0.05) is 48.5 Å². The number of esters is 1. The maximum Gasteiger partial charge on any atom is 0.422 e. The molecule has 2 aromatic carbocycles. The number of benzene rings is 2. The molecule has 0 aliphatic rings. The Morgan fingerprint density at radius 3 is 2.00 bits per heavy atom. The fourth-order valence-electron chi connectivity index (χ4n) is 2.48. The number of amides is 1. The van der Waals surface area contributed by atoms with Gasteiger partial charge in [-0.2, -0.15) is 26.3 Å². The van der Waals surface area contributed by atoms with E-state index in [2.05, 4.69) is 4.74 Å². The third-order valence-corrected chi connectivity index (χ3v) is 3.73. The monoisotopic (exact) mass is 419 g/mol. The molecular weight excluding hydrogens is 404 g/mol. The predicted octanol–water partition coefficient (Wildman–Crippen LogP) is 4.34. The van der Waals surface area contributed by atoms with Crippen LogP contribution in [0.3, 0.4) is 0 Å². The normalized spacial score (nSPS) is 11.8. The van der Waals surface area contributed by atoms with Crippen molar-refractivity contribution < 1.29 is 40.7 Å². The van der Waals surface area contributed by atoms with Crippen molar-refractivity contribution in [1.82, 2.24) is 4.90 Å². The Hall–Kier alpha value is -3.04. The number of ether oxygens (including phenoxy) is 1. The zero-order chi connectivity index (χ0) is 21.7. The van der Waals surface area contributed by atoms with Gasteiger partial charge in [-0.05, 0) is 17.2 Å². The second kappa shape index (κ2) is 8.97. The lowest BCUT2D eigenvalue weighted by atomic mass is 10.1. The van der Waals surface area contributed by atoms with Crippen molar-refractivity contribution in [1.29, 1.82) is 0 Å². The van der Waals surface area contributed by atoms with Crippen molar-refractivity contribution >= 4 is 11.9 Å². The Bertz CT molecular complexity index is 849. The lowest BCUT2D eigenvalue weighted by Gasteiger charge is -2.24. The van der Waals surface area contributed by atoms with Gasteiger partial charge in [0.05, 0.1) is 5.56 Å². The van der Waals surface area contributed by atoms with Crippen molar-refractivity contribution in [3.05, 3.63) is 71.3 Å². The van der Waals surface area contributed by atoms with Crippen LogP contribution in [0.4, 0.5) is 26.3 Å². The van der Waals surface area contributed by atoms with Crippen LogP contribution in [0, 0.1) is 0 Å². The Morgan fingerprint density at radius 2 is 1.41 bits per heavy atom. The van der Waals surface area contributed by atoms with E-state index in [-0.39, 0.29) is 12.1 Å². The first-order valence-corrected chi connectivity index (χ1v) is 8.19. The summed E-state index contributed by atoms with van der Waals surface area (Å²) < 4.78 is 80.3. The number of rotatable bonds is 5. The molecule has 4 nitrogen and oxygen atoms in total. The first-order valence-electron chi connectivity index (χ1n) is 8.19. The fourth-order valence-corrected chi connectivity index (χ4v) is 2.48. The Kier molecular flexibility index (Phi) is 6.89. The highest BCUT2D eigenvalue weighted by molar-refractivity contribution is 6.32. The van der Waals surface area contributed by atoms with Crippen molar-refractivity contribution in [3.63, 3.8) is 0 Å². The molecule has 0 spiro atoms. The number of hydrogen-bond acceptors (Lipinski definition) is 3. The maximum atomic E-state index is 13.2. The van der Waals surface area contributed by atoms with Crippen LogP contribution in [0.1, 0.15) is 16.7 Å². The molecule has 0 atom stereocenters. The lowest BCUT2D eigenvalue weighted by Crippen LogP contribution is -2.38. The van der Waals surface area contributed by atoms with Gasteiger partial charge in [0.1, 0.15) is 0 Å². The standard InChI is InChI=1S/C19H15F6NO3/c20-18(21,22)12-29-17(28)16(27)26(10-13-6-2-1-3-7-13)11-14-8-4-5-9-15(14)19(23,24)25/h1-9H,10-12H2. The van der Waals surface area contributed by atoms with Gasteiger partial charge >= 0.3 is 24.2 Å². The van der Waals surface area contributed by atoms with E-state index in [1.54, 1.807) is 30.3 Å². The minimum atomic E-state index is -4.84. The third-order valence-electron chi connectivity index (χ3n) is 3.73. The highest BCUT2D eigenvalue weighted by atomic mass is 19.4. The summed E-state index contributed by atoms with van der Waals surface area (Å²) in [6, 6.07) is 12.4. The quantitative estimate of drug-likeness (QED) is 0.412. The zero-order valence-electron chi connectivity index (χ0n) is 14.8. The van der Waals surface area contributed by atoms with Crippen LogP contribution < -0.4 is 0 Å². The number of carbonyl (C=O) groups is 2. The van der Waals surface area contributed by atoms with E-state index in [0.29, 0.717) is 10.5 Å². The van der Waals surface area contributed by atoms with Gasteiger partial charge in [0.15, 0.2) is 6.61 Å². The van der Waals surface area contributed by atoms with Crippen LogP contribution >= 0.6 is 0 Å². The molecule has 0 saturated heterocycles. The number of hydrogen-bond donors (Lipinski definition) is 0. The summed E-state index contributed by atoms with van der Waals surface area (Å²) >= 11 is 0. The van der Waals surface area contributed by atoms with Crippen molar-refractivity contribution in [2.24, 2.45) is 0 Å². The van der Waals surface area contributed by atoms with E-state index in [1.807, 2.05) is 0 Å². The van der Waals surface area contributed by atoms with Crippen LogP contribution in [0.2, 0.25) is 0 Å². The van der Waals surface area contributed by atoms with E-state index in [4.69, 9.17) is 0 Å². The highest BCUT2D eigenvalue weighted by Gasteiger charge is 2.35. The van der Waals surface area contributed by atoms with Crippen LogP contribution in [0.5, 0.6) is 0 Å². The average molecular weight is 419 g/mol. The largest absolute Gasteiger partial charge is 0.449 e. The number of halogens is 6. The summed E-state index contributed by atoms with van der Waals surface area (Å²) in [6.45, 7) is -2.92. The molecule has 0 aromatic heterocycles. The first-order chi connectivity index (χ1) is 13.5. The average Bonchev–Trinajstić information content (AvgIpc) is 2.65. The summed E-state index contributed by atoms with van der Waals surface area (Å²) in [5.41, 5.74) is -0.864. The van der Waals surface area contributed by atoms with Crippen LogP contribution in [-0.2, 0) is 33.6 Å². The first kappa shape index (κ1) is 22.3. The van der Waals surface area contributed by atoms with E-state index in [1.165, 1.54) is 6.07 Å². The molecule has 2 rings (SSSR count). The molecular formula is C19H15F6NO3. The van der Waals surface area contributed by atoms with Gasteiger partial charge in [0, 0.05) is 13.1 Å². The second-order valence-corrected chi connectivity index (χ2v) is 5.99. The summed E-state index contributed by atoms with van der Waals surface area (Å²) in [4.78, 5) is 24.8. The molecule has 10 heteroatoms. The molecule has 0 radical (unpaired) electrons. The number of carbonyl (C=O) groups excluding carboxylic acids is 2. The molecule has 2 aromatic rings. The highest BCUT2D eigenvalue weighted by Crippen LogP contribution is 2.32. The second-order valence-electron chi connectivity index (χ2n) is 5.99. The molecule has 156 valence electrons. The molecule has 1 amide bonds. The van der Waals surface area contributed by atoms with Crippen molar-refractivity contribution in [2.75, 3.05) is 6.61 Å². The van der Waals surface area contributed by atoms with E-state index < -0.39 is 42.9 Å². The van der Waals surface area contributed by atoms with Crippen molar-refractivity contribution in [2.45, 2.75) is 25.4 Å². The van der Waals surface area contributed by atoms with Crippen LogP contribution in [0.25, 0.3) is 0 Å². The van der Waals surface area contributed by atoms with E-state index in [9.17, 15) is 35.9 Å². The Labute approximate surface area is 161 Å². The van der Waals surface area contributed by atoms with Gasteiger partial charge in [0.25, 0.3) is 0 Å². The number of alkyl halides is 6. The molecule has 0 bridgehead atoms. The Morgan fingerprint density at radius 1 is 0.828 bits per heavy atom. The topological polar surface area (TPSA) is 46.6 Å². The van der Waals surface area contributed by atoms with Gasteiger partial charge in [-0.15, -0.1) is 0 Å². The van der Waals surface area contributed by atoms with E-state index >= 15 is 0 Å². The molecule has 0 saturated carbocycles. The molecule has 0 fully saturated rings. The van der Waals surface area contributed by atoms with E-state index in [0.717, 1.165) is 18.2 Å². The number of nitrogens with zero attached hydrogens (tertiary/aromatic N) is 1. The minimum absolute atomic E-state index is 0.299. The van der Waals surface area contributed by atoms with Gasteiger partial charge < -0.3 is 9.64 Å². The molecule has 0 aliphatic heterocycles. The predicted molar refractivity (Wildman–Crippen MR) is 89.2 cm³/mol. The van der Waals surface area contributed by atoms with Crippen LogP contribution in [0.15, 0.2) is 54.6 Å². The Balaban J connectivity index is 2.29. The molecule has 0 N–H and O–H groups in total. The zero-order valence-corrected chi connectivity index (χ0v) is 14.8. The van der Waals surface area contributed by atoms with Crippen LogP contribution in [-0.4, -0.2) is 29.6 Å². The summed E-state index contributed by atoms with van der Waals surface area (Å²) in [7, 11) is 0. The van der Waals surface area contributed by atoms with Gasteiger partial charge in [-0.25, -0.2) is 4.79 Å². The summed E-state index contributed by atoms with van der Waals surface area (Å²) in [5, 5.41) is 0. The summed E-state index contributed by atoms with van der Waals surface area (Å²) in [5.74, 6) is -3.28. The van der Waals surface area contributed by atoms with Gasteiger partial charge in [-0.3, -0.25) is 4.79 Å². The third kappa shape index (κ3) is 6.81. The molecule has 0 unspecified atom stereocenters. The van der Waals surface area contributed by atoms with Gasteiger partial charge in [0.2, 0.25) is 0 Å². The summed E-state index contributed by atoms with van der Waals surface area (Å²) in [6.07, 6.45) is -9.56. The molecule has 0 aliphatic carbocycles. The lowest BCUT2D eigenvalue weighted by molar-refractivity contribution is -0.189. The molecule has 0 heterocycles.